The van der Waals surface area contributed by atoms with Crippen molar-refractivity contribution in [3.8, 4) is 0 Å². The number of hydrogen-bond acceptors (Lipinski definition) is 2. The van der Waals surface area contributed by atoms with Crippen LogP contribution in [0.3, 0.4) is 0 Å². The summed E-state index contributed by atoms with van der Waals surface area (Å²) in [6, 6.07) is 11.7. The summed E-state index contributed by atoms with van der Waals surface area (Å²) in [7, 11) is 0. The van der Waals surface area contributed by atoms with E-state index in [0.717, 1.165) is 19.1 Å². The molecule has 0 amide bonds. The van der Waals surface area contributed by atoms with Crippen LogP contribution in [0.4, 0.5) is 0 Å². The van der Waals surface area contributed by atoms with Crippen molar-refractivity contribution in [1.29, 1.82) is 0 Å². The molecule has 0 atom stereocenters. The Labute approximate surface area is 130 Å². The van der Waals surface area contributed by atoms with Crippen LogP contribution in [-0.2, 0) is 6.54 Å². The van der Waals surface area contributed by atoms with Gasteiger partial charge in [-0.1, -0.05) is 51.1 Å². The average Bonchev–Trinajstić information content (AvgIpc) is 3.36. The third kappa shape index (κ3) is 5.12. The summed E-state index contributed by atoms with van der Waals surface area (Å²) < 4.78 is 0. The topological polar surface area (TPSA) is 15.3 Å². The standard InChI is InChI=1S/C19H32N2/c1-4-19(5-2,15-20-18-12-13-18)16-21(6-3)14-17-10-8-7-9-11-17/h7-11,18,20H,4-6,12-16H2,1-3H3. The summed E-state index contributed by atoms with van der Waals surface area (Å²) in [6.07, 6.45) is 5.28. The first-order valence-electron chi connectivity index (χ1n) is 8.71. The molecule has 1 saturated carbocycles. The highest BCUT2D eigenvalue weighted by atomic mass is 15.1. The molecule has 0 bridgehead atoms. The van der Waals surface area contributed by atoms with Crippen molar-refractivity contribution in [2.24, 2.45) is 5.41 Å². The fourth-order valence-electron chi connectivity index (χ4n) is 3.02. The molecule has 0 radical (unpaired) electrons. The Hall–Kier alpha value is -0.860. The number of benzene rings is 1. The predicted octanol–water partition coefficient (Wildman–Crippen LogP) is 4.07. The molecule has 0 saturated heterocycles. The molecule has 1 N–H and O–H groups in total. The van der Waals surface area contributed by atoms with Gasteiger partial charge in [0.25, 0.3) is 0 Å². The van der Waals surface area contributed by atoms with E-state index in [0.29, 0.717) is 5.41 Å². The molecule has 2 heteroatoms. The van der Waals surface area contributed by atoms with Gasteiger partial charge in [-0.3, -0.25) is 4.90 Å². The van der Waals surface area contributed by atoms with E-state index < -0.39 is 0 Å². The molecule has 0 unspecified atom stereocenters. The molecule has 0 aliphatic heterocycles. The molecule has 0 spiro atoms. The molecule has 1 aliphatic rings. The molecule has 1 fully saturated rings. The van der Waals surface area contributed by atoms with Crippen molar-refractivity contribution >= 4 is 0 Å². The highest BCUT2D eigenvalue weighted by molar-refractivity contribution is 5.14. The highest BCUT2D eigenvalue weighted by Crippen LogP contribution is 2.29. The van der Waals surface area contributed by atoms with E-state index in [-0.39, 0.29) is 0 Å². The molecule has 21 heavy (non-hydrogen) atoms. The van der Waals surface area contributed by atoms with Gasteiger partial charge in [-0.25, -0.2) is 0 Å². The van der Waals surface area contributed by atoms with E-state index in [2.05, 4.69) is 61.3 Å². The maximum absolute atomic E-state index is 3.77. The quantitative estimate of drug-likeness (QED) is 0.698. The summed E-state index contributed by atoms with van der Waals surface area (Å²) in [4.78, 5) is 2.61. The normalized spacial score (nSPS) is 15.6. The van der Waals surface area contributed by atoms with Gasteiger partial charge >= 0.3 is 0 Å². The minimum absolute atomic E-state index is 0.424. The van der Waals surface area contributed by atoms with Crippen molar-refractivity contribution in [1.82, 2.24) is 10.2 Å². The lowest BCUT2D eigenvalue weighted by Crippen LogP contribution is -2.44. The lowest BCUT2D eigenvalue weighted by molar-refractivity contribution is 0.133. The molecule has 2 nitrogen and oxygen atoms in total. The first kappa shape index (κ1) is 16.5. The minimum Gasteiger partial charge on any atom is -0.313 e. The predicted molar refractivity (Wildman–Crippen MR) is 91.4 cm³/mol. The van der Waals surface area contributed by atoms with Gasteiger partial charge in [0.05, 0.1) is 0 Å². The number of nitrogens with one attached hydrogen (secondary N) is 1. The Balaban J connectivity index is 1.94. The largest absolute Gasteiger partial charge is 0.313 e. The maximum Gasteiger partial charge on any atom is 0.0233 e. The van der Waals surface area contributed by atoms with Crippen molar-refractivity contribution in [3.63, 3.8) is 0 Å². The molecule has 1 aromatic rings. The Morgan fingerprint density at radius 2 is 1.76 bits per heavy atom. The summed E-state index contributed by atoms with van der Waals surface area (Å²) >= 11 is 0. The molecule has 0 aromatic heterocycles. The molecule has 2 rings (SSSR count). The number of rotatable bonds is 10. The van der Waals surface area contributed by atoms with Gasteiger partial charge in [0, 0.05) is 25.7 Å². The van der Waals surface area contributed by atoms with E-state index in [1.54, 1.807) is 0 Å². The van der Waals surface area contributed by atoms with Gasteiger partial charge in [0.15, 0.2) is 0 Å². The number of nitrogens with zero attached hydrogens (tertiary/aromatic N) is 1. The molecule has 0 heterocycles. The SMILES string of the molecule is CCN(Cc1ccccc1)CC(CC)(CC)CNC1CC1. The van der Waals surface area contributed by atoms with E-state index in [1.807, 2.05) is 0 Å². The van der Waals surface area contributed by atoms with Crippen LogP contribution in [0.2, 0.25) is 0 Å². The maximum atomic E-state index is 3.77. The molecular formula is C19H32N2. The van der Waals surface area contributed by atoms with Crippen LogP contribution >= 0.6 is 0 Å². The van der Waals surface area contributed by atoms with Gasteiger partial charge in [-0.15, -0.1) is 0 Å². The van der Waals surface area contributed by atoms with Crippen molar-refractivity contribution in [2.45, 2.75) is 59.0 Å². The first-order valence-corrected chi connectivity index (χ1v) is 8.71. The summed E-state index contributed by atoms with van der Waals surface area (Å²) in [5.41, 5.74) is 1.85. The number of hydrogen-bond donors (Lipinski definition) is 1. The zero-order valence-corrected chi connectivity index (χ0v) is 14.1. The van der Waals surface area contributed by atoms with Crippen molar-refractivity contribution in [2.75, 3.05) is 19.6 Å². The fourth-order valence-corrected chi connectivity index (χ4v) is 3.02. The van der Waals surface area contributed by atoms with Crippen LogP contribution in [0.25, 0.3) is 0 Å². The van der Waals surface area contributed by atoms with E-state index in [1.165, 1.54) is 44.3 Å². The van der Waals surface area contributed by atoms with Gasteiger partial charge in [0.2, 0.25) is 0 Å². The van der Waals surface area contributed by atoms with Crippen LogP contribution in [-0.4, -0.2) is 30.6 Å². The van der Waals surface area contributed by atoms with Crippen LogP contribution in [0.15, 0.2) is 30.3 Å². The molecule has 118 valence electrons. The fraction of sp³-hybridized carbons (Fsp3) is 0.684. The van der Waals surface area contributed by atoms with Crippen molar-refractivity contribution < 1.29 is 0 Å². The van der Waals surface area contributed by atoms with Crippen LogP contribution in [0, 0.1) is 5.41 Å². The van der Waals surface area contributed by atoms with Gasteiger partial charge in [-0.2, -0.15) is 0 Å². The second-order valence-electron chi connectivity index (χ2n) is 6.65. The Morgan fingerprint density at radius 3 is 2.29 bits per heavy atom. The smallest absolute Gasteiger partial charge is 0.0233 e. The second-order valence-corrected chi connectivity index (χ2v) is 6.65. The zero-order chi connectivity index (χ0) is 15.1. The summed E-state index contributed by atoms with van der Waals surface area (Å²) in [5, 5.41) is 3.77. The average molecular weight is 288 g/mol. The molecular weight excluding hydrogens is 256 g/mol. The Kier molecular flexibility index (Phi) is 6.25. The van der Waals surface area contributed by atoms with Gasteiger partial charge < -0.3 is 5.32 Å². The van der Waals surface area contributed by atoms with Gasteiger partial charge in [-0.05, 0) is 43.2 Å². The zero-order valence-electron chi connectivity index (χ0n) is 14.1. The molecule has 1 aliphatic carbocycles. The second kappa shape index (κ2) is 7.95. The third-order valence-corrected chi connectivity index (χ3v) is 5.10. The minimum atomic E-state index is 0.424. The Morgan fingerprint density at radius 1 is 1.10 bits per heavy atom. The van der Waals surface area contributed by atoms with E-state index in [9.17, 15) is 0 Å². The van der Waals surface area contributed by atoms with E-state index in [4.69, 9.17) is 0 Å². The molecule has 1 aromatic carbocycles. The third-order valence-electron chi connectivity index (χ3n) is 5.10. The summed E-state index contributed by atoms with van der Waals surface area (Å²) in [5.74, 6) is 0. The van der Waals surface area contributed by atoms with Gasteiger partial charge in [0.1, 0.15) is 0 Å². The van der Waals surface area contributed by atoms with Crippen molar-refractivity contribution in [3.05, 3.63) is 35.9 Å². The monoisotopic (exact) mass is 288 g/mol. The first-order chi connectivity index (χ1) is 10.2. The lowest BCUT2D eigenvalue weighted by Gasteiger charge is -2.37. The van der Waals surface area contributed by atoms with Crippen LogP contribution in [0.1, 0.15) is 52.0 Å². The van der Waals surface area contributed by atoms with Crippen LogP contribution < -0.4 is 5.32 Å². The summed E-state index contributed by atoms with van der Waals surface area (Å²) in [6.45, 7) is 11.6. The Bertz CT molecular complexity index is 393. The highest BCUT2D eigenvalue weighted by Gasteiger charge is 2.31. The van der Waals surface area contributed by atoms with E-state index >= 15 is 0 Å². The van der Waals surface area contributed by atoms with Crippen LogP contribution in [0.5, 0.6) is 0 Å². The lowest BCUT2D eigenvalue weighted by atomic mass is 9.81.